The summed E-state index contributed by atoms with van der Waals surface area (Å²) in [6.45, 7) is 3.22. The molecule has 1 amide bonds. The van der Waals surface area contributed by atoms with Crippen molar-refractivity contribution in [1.29, 1.82) is 0 Å². The van der Waals surface area contributed by atoms with Gasteiger partial charge in [-0.3, -0.25) is 4.79 Å². The average molecular weight is 306 g/mol. The highest BCUT2D eigenvalue weighted by Crippen LogP contribution is 2.25. The zero-order chi connectivity index (χ0) is 16.7. The van der Waals surface area contributed by atoms with Crippen LogP contribution in [0.1, 0.15) is 12.5 Å². The lowest BCUT2D eigenvalue weighted by Gasteiger charge is -2.14. The number of aryl methyl sites for hydroxylation is 1. The number of esters is 2. The second kappa shape index (κ2) is 7.82. The number of hydrogen-bond donors (Lipinski definition) is 2. The fourth-order valence-corrected chi connectivity index (χ4v) is 1.64. The Bertz CT molecular complexity index is 622. The molecule has 1 rings (SSSR count). The fourth-order valence-electron chi connectivity index (χ4n) is 1.64. The molecule has 0 bridgehead atoms. The molecular weight excluding hydrogens is 288 g/mol. The van der Waals surface area contributed by atoms with Crippen LogP contribution in [0.5, 0.6) is 0 Å². The summed E-state index contributed by atoms with van der Waals surface area (Å²) in [6, 6.07) is 5.21. The van der Waals surface area contributed by atoms with E-state index in [1.807, 2.05) is 6.92 Å². The van der Waals surface area contributed by atoms with Gasteiger partial charge in [0.15, 0.2) is 0 Å². The second-order valence-corrected chi connectivity index (χ2v) is 4.43. The number of ether oxygens (including phenoxy) is 2. The van der Waals surface area contributed by atoms with E-state index in [1.54, 1.807) is 18.2 Å². The van der Waals surface area contributed by atoms with Gasteiger partial charge in [0, 0.05) is 6.92 Å². The van der Waals surface area contributed by atoms with Crippen LogP contribution in [0.15, 0.2) is 30.0 Å². The third kappa shape index (κ3) is 4.93. The predicted octanol–water partition coefficient (Wildman–Crippen LogP) is 1.60. The molecule has 118 valence electrons. The lowest BCUT2D eigenvalue weighted by molar-refractivity contribution is -0.138. The van der Waals surface area contributed by atoms with E-state index in [9.17, 15) is 14.4 Å². The van der Waals surface area contributed by atoms with E-state index in [0.717, 1.165) is 11.6 Å². The molecule has 0 saturated heterocycles. The van der Waals surface area contributed by atoms with Crippen LogP contribution in [0.2, 0.25) is 0 Å². The minimum absolute atomic E-state index is 0.105. The highest BCUT2D eigenvalue weighted by molar-refractivity contribution is 6.00. The first kappa shape index (κ1) is 17.2. The molecule has 0 aliphatic rings. The van der Waals surface area contributed by atoms with Gasteiger partial charge in [0.1, 0.15) is 5.70 Å². The number of methoxy groups -OCH3 is 2. The van der Waals surface area contributed by atoms with Gasteiger partial charge < -0.3 is 20.1 Å². The summed E-state index contributed by atoms with van der Waals surface area (Å²) >= 11 is 0. The molecule has 2 N–H and O–H groups in total. The van der Waals surface area contributed by atoms with Crippen LogP contribution >= 0.6 is 0 Å². The highest BCUT2D eigenvalue weighted by Gasteiger charge is 2.15. The first-order valence-electron chi connectivity index (χ1n) is 6.40. The number of rotatable bonds is 5. The quantitative estimate of drug-likeness (QED) is 0.634. The van der Waals surface area contributed by atoms with E-state index in [-0.39, 0.29) is 11.6 Å². The summed E-state index contributed by atoms with van der Waals surface area (Å²) in [4.78, 5) is 34.3. The van der Waals surface area contributed by atoms with Crippen LogP contribution in [0.3, 0.4) is 0 Å². The number of carbonyl (C=O) groups excluding carboxylic acids is 3. The van der Waals surface area contributed by atoms with Crippen molar-refractivity contribution in [2.75, 3.05) is 24.9 Å². The Morgan fingerprint density at radius 2 is 1.73 bits per heavy atom. The summed E-state index contributed by atoms with van der Waals surface area (Å²) in [5.74, 6) is -1.70. The van der Waals surface area contributed by atoms with Crippen molar-refractivity contribution >= 4 is 29.2 Å². The van der Waals surface area contributed by atoms with E-state index < -0.39 is 11.9 Å². The molecule has 0 aliphatic heterocycles. The highest BCUT2D eigenvalue weighted by atomic mass is 16.5. The molecule has 0 heterocycles. The normalized spacial score (nSPS) is 10.6. The van der Waals surface area contributed by atoms with Crippen LogP contribution in [-0.2, 0) is 23.9 Å². The number of amides is 1. The van der Waals surface area contributed by atoms with Crippen molar-refractivity contribution in [1.82, 2.24) is 0 Å². The minimum atomic E-state index is -0.735. The Morgan fingerprint density at radius 3 is 2.27 bits per heavy atom. The molecule has 0 unspecified atom stereocenters. The summed E-state index contributed by atoms with van der Waals surface area (Å²) in [5.41, 5.74) is 1.72. The molecule has 22 heavy (non-hydrogen) atoms. The number of hydrogen-bond acceptors (Lipinski definition) is 6. The van der Waals surface area contributed by atoms with Crippen LogP contribution in [0.25, 0.3) is 0 Å². The lowest BCUT2D eigenvalue weighted by Crippen LogP contribution is -2.17. The summed E-state index contributed by atoms with van der Waals surface area (Å²) in [5, 5.41) is 5.41. The van der Waals surface area contributed by atoms with Gasteiger partial charge >= 0.3 is 11.9 Å². The monoisotopic (exact) mass is 306 g/mol. The zero-order valence-electron chi connectivity index (χ0n) is 12.9. The SMILES string of the molecule is COC(=O)/C=C(/Nc1cc(C)ccc1NC(C)=O)C(=O)OC. The summed E-state index contributed by atoms with van der Waals surface area (Å²) < 4.78 is 9.12. The number of carbonyl (C=O) groups is 3. The zero-order valence-corrected chi connectivity index (χ0v) is 12.9. The third-order valence-corrected chi connectivity index (χ3v) is 2.62. The van der Waals surface area contributed by atoms with Gasteiger partial charge in [-0.25, -0.2) is 9.59 Å². The first-order chi connectivity index (χ1) is 10.4. The Kier molecular flexibility index (Phi) is 6.12. The second-order valence-electron chi connectivity index (χ2n) is 4.43. The van der Waals surface area contributed by atoms with Crippen molar-refractivity contribution in [2.45, 2.75) is 13.8 Å². The maximum atomic E-state index is 11.7. The molecular formula is C15H18N2O5. The summed E-state index contributed by atoms with van der Waals surface area (Å²) in [6.07, 6.45) is 0.978. The molecule has 0 atom stereocenters. The third-order valence-electron chi connectivity index (χ3n) is 2.62. The van der Waals surface area contributed by atoms with E-state index >= 15 is 0 Å². The molecule has 0 aromatic heterocycles. The molecule has 7 nitrogen and oxygen atoms in total. The van der Waals surface area contributed by atoms with Gasteiger partial charge in [-0.05, 0) is 24.6 Å². The lowest BCUT2D eigenvalue weighted by atomic mass is 10.1. The smallest absolute Gasteiger partial charge is 0.354 e. The molecule has 1 aromatic rings. The van der Waals surface area contributed by atoms with Gasteiger partial charge in [-0.1, -0.05) is 6.07 Å². The molecule has 0 saturated carbocycles. The van der Waals surface area contributed by atoms with Crippen LogP contribution in [0.4, 0.5) is 11.4 Å². The topological polar surface area (TPSA) is 93.7 Å². The van der Waals surface area contributed by atoms with E-state index in [1.165, 1.54) is 21.1 Å². The van der Waals surface area contributed by atoms with Gasteiger partial charge in [0.2, 0.25) is 5.91 Å². The fraction of sp³-hybridized carbons (Fsp3) is 0.267. The van der Waals surface area contributed by atoms with Crippen LogP contribution in [-0.4, -0.2) is 32.1 Å². The van der Waals surface area contributed by atoms with Crippen molar-refractivity contribution in [3.8, 4) is 0 Å². The molecule has 7 heteroatoms. The van der Waals surface area contributed by atoms with Crippen molar-refractivity contribution in [3.05, 3.63) is 35.5 Å². The molecule has 1 aromatic carbocycles. The first-order valence-corrected chi connectivity index (χ1v) is 6.40. The van der Waals surface area contributed by atoms with Gasteiger partial charge in [-0.15, -0.1) is 0 Å². The van der Waals surface area contributed by atoms with Crippen LogP contribution in [0, 0.1) is 6.92 Å². The van der Waals surface area contributed by atoms with E-state index in [0.29, 0.717) is 11.4 Å². The number of benzene rings is 1. The Morgan fingerprint density at radius 1 is 1.05 bits per heavy atom. The van der Waals surface area contributed by atoms with Crippen molar-refractivity contribution in [2.24, 2.45) is 0 Å². The molecule has 0 aliphatic carbocycles. The molecule has 0 fully saturated rings. The van der Waals surface area contributed by atoms with Gasteiger partial charge in [0.05, 0.1) is 31.7 Å². The number of nitrogens with one attached hydrogen (secondary N) is 2. The maximum absolute atomic E-state index is 11.7. The minimum Gasteiger partial charge on any atom is -0.466 e. The Hall–Kier alpha value is -2.83. The van der Waals surface area contributed by atoms with Crippen LogP contribution < -0.4 is 10.6 Å². The molecule has 0 radical (unpaired) electrons. The maximum Gasteiger partial charge on any atom is 0.354 e. The van der Waals surface area contributed by atoms with Crippen molar-refractivity contribution in [3.63, 3.8) is 0 Å². The Labute approximate surface area is 128 Å². The predicted molar refractivity (Wildman–Crippen MR) is 81.2 cm³/mol. The summed E-state index contributed by atoms with van der Waals surface area (Å²) in [7, 11) is 2.39. The van der Waals surface area contributed by atoms with Gasteiger partial charge in [-0.2, -0.15) is 0 Å². The van der Waals surface area contributed by atoms with E-state index in [4.69, 9.17) is 0 Å². The van der Waals surface area contributed by atoms with E-state index in [2.05, 4.69) is 20.1 Å². The average Bonchev–Trinajstić information content (AvgIpc) is 2.47. The van der Waals surface area contributed by atoms with Gasteiger partial charge in [0.25, 0.3) is 0 Å². The number of anilines is 2. The standard InChI is InChI=1S/C15H18N2O5/c1-9-5-6-11(16-10(2)18)12(7-9)17-13(15(20)22-4)8-14(19)21-3/h5-8,17H,1-4H3,(H,16,18)/b13-8+. The largest absolute Gasteiger partial charge is 0.466 e. The van der Waals surface area contributed by atoms with Crippen molar-refractivity contribution < 1.29 is 23.9 Å². The Balaban J connectivity index is 3.19. The molecule has 0 spiro atoms.